The van der Waals surface area contributed by atoms with E-state index in [0.29, 0.717) is 24.2 Å². The Morgan fingerprint density at radius 2 is 2.10 bits per heavy atom. The highest BCUT2D eigenvalue weighted by atomic mass is 79.9. The number of benzene rings is 1. The summed E-state index contributed by atoms with van der Waals surface area (Å²) in [4.78, 5) is 12.4. The average molecular weight is 337 g/mol. The Morgan fingerprint density at radius 3 is 2.75 bits per heavy atom. The highest BCUT2D eigenvalue weighted by Gasteiger charge is 2.16. The molecule has 0 bridgehead atoms. The van der Waals surface area contributed by atoms with Crippen molar-refractivity contribution >= 4 is 21.7 Å². The lowest BCUT2D eigenvalue weighted by Gasteiger charge is -2.08. The zero-order chi connectivity index (χ0) is 14.5. The van der Waals surface area contributed by atoms with Gasteiger partial charge in [-0.2, -0.15) is 0 Å². The number of furan rings is 1. The third-order valence-corrected chi connectivity index (χ3v) is 3.59. The van der Waals surface area contributed by atoms with E-state index in [9.17, 15) is 4.79 Å². The SMILES string of the molecule is CCCOc1ccc(C(=O)c2ccoc2CC)cc1Br. The Bertz CT molecular complexity index is 602. The summed E-state index contributed by atoms with van der Waals surface area (Å²) in [6.07, 6.45) is 3.20. The summed E-state index contributed by atoms with van der Waals surface area (Å²) in [6.45, 7) is 4.68. The van der Waals surface area contributed by atoms with E-state index < -0.39 is 0 Å². The van der Waals surface area contributed by atoms with E-state index in [1.807, 2.05) is 13.0 Å². The van der Waals surface area contributed by atoms with E-state index in [1.165, 1.54) is 0 Å². The van der Waals surface area contributed by atoms with Crippen LogP contribution < -0.4 is 4.74 Å². The van der Waals surface area contributed by atoms with Crippen LogP contribution in [-0.2, 0) is 6.42 Å². The summed E-state index contributed by atoms with van der Waals surface area (Å²) >= 11 is 3.44. The Labute approximate surface area is 127 Å². The molecule has 4 heteroatoms. The first-order valence-corrected chi connectivity index (χ1v) is 7.50. The normalized spacial score (nSPS) is 10.6. The summed E-state index contributed by atoms with van der Waals surface area (Å²) < 4.78 is 11.7. The summed E-state index contributed by atoms with van der Waals surface area (Å²) in [5, 5.41) is 0. The second kappa shape index (κ2) is 6.75. The number of carbonyl (C=O) groups is 1. The topological polar surface area (TPSA) is 39.4 Å². The number of hydrogen-bond donors (Lipinski definition) is 0. The monoisotopic (exact) mass is 336 g/mol. The van der Waals surface area contributed by atoms with Gasteiger partial charge in [-0.25, -0.2) is 0 Å². The van der Waals surface area contributed by atoms with Gasteiger partial charge in [0.25, 0.3) is 0 Å². The van der Waals surface area contributed by atoms with E-state index in [4.69, 9.17) is 9.15 Å². The second-order valence-electron chi connectivity index (χ2n) is 4.43. The Morgan fingerprint density at radius 1 is 1.30 bits per heavy atom. The third-order valence-electron chi connectivity index (χ3n) is 2.97. The lowest BCUT2D eigenvalue weighted by Crippen LogP contribution is -2.03. The molecule has 1 aromatic carbocycles. The molecule has 0 saturated heterocycles. The van der Waals surface area contributed by atoms with Crippen molar-refractivity contribution in [3.63, 3.8) is 0 Å². The molecule has 1 heterocycles. The minimum atomic E-state index is -0.0293. The maximum absolute atomic E-state index is 12.4. The maximum atomic E-state index is 12.4. The molecule has 0 saturated carbocycles. The van der Waals surface area contributed by atoms with Gasteiger partial charge in [0.15, 0.2) is 5.78 Å². The molecule has 0 fully saturated rings. The van der Waals surface area contributed by atoms with Crippen LogP contribution in [0.5, 0.6) is 5.75 Å². The molecule has 0 amide bonds. The second-order valence-corrected chi connectivity index (χ2v) is 5.29. The first-order chi connectivity index (χ1) is 9.67. The van der Waals surface area contributed by atoms with Crippen molar-refractivity contribution in [3.05, 3.63) is 51.9 Å². The minimum Gasteiger partial charge on any atom is -0.492 e. The molecule has 0 N–H and O–H groups in total. The molecule has 1 aromatic heterocycles. The molecule has 0 spiro atoms. The van der Waals surface area contributed by atoms with Crippen LogP contribution in [0.15, 0.2) is 39.4 Å². The first kappa shape index (κ1) is 14.9. The fraction of sp³-hybridized carbons (Fsp3) is 0.312. The molecule has 20 heavy (non-hydrogen) atoms. The van der Waals surface area contributed by atoms with Gasteiger partial charge in [-0.1, -0.05) is 13.8 Å². The number of carbonyl (C=O) groups excluding carboxylic acids is 1. The minimum absolute atomic E-state index is 0.0293. The van der Waals surface area contributed by atoms with Crippen LogP contribution in [0.25, 0.3) is 0 Å². The predicted octanol–water partition coefficient (Wildman–Crippen LogP) is 4.62. The van der Waals surface area contributed by atoms with Crippen LogP contribution in [0.4, 0.5) is 0 Å². The number of hydrogen-bond acceptors (Lipinski definition) is 3. The van der Waals surface area contributed by atoms with Crippen LogP contribution in [0.3, 0.4) is 0 Å². The fourth-order valence-electron chi connectivity index (χ4n) is 1.94. The van der Waals surface area contributed by atoms with Crippen molar-refractivity contribution < 1.29 is 13.9 Å². The van der Waals surface area contributed by atoms with Crippen LogP contribution in [0, 0.1) is 0 Å². The predicted molar refractivity (Wildman–Crippen MR) is 81.4 cm³/mol. The smallest absolute Gasteiger partial charge is 0.196 e. The van der Waals surface area contributed by atoms with Crippen molar-refractivity contribution in [2.45, 2.75) is 26.7 Å². The molecule has 0 aliphatic heterocycles. The maximum Gasteiger partial charge on any atom is 0.196 e. The van der Waals surface area contributed by atoms with Crippen molar-refractivity contribution in [2.24, 2.45) is 0 Å². The molecule has 106 valence electrons. The molecule has 2 aromatic rings. The van der Waals surface area contributed by atoms with Crippen molar-refractivity contribution in [3.8, 4) is 5.75 Å². The number of aryl methyl sites for hydroxylation is 1. The van der Waals surface area contributed by atoms with Crippen LogP contribution in [0.1, 0.15) is 41.9 Å². The van der Waals surface area contributed by atoms with E-state index in [-0.39, 0.29) is 5.78 Å². The quantitative estimate of drug-likeness (QED) is 0.722. The Balaban J connectivity index is 2.25. The molecule has 0 aliphatic rings. The number of rotatable bonds is 6. The van der Waals surface area contributed by atoms with E-state index in [0.717, 1.165) is 22.4 Å². The highest BCUT2D eigenvalue weighted by Crippen LogP contribution is 2.28. The van der Waals surface area contributed by atoms with Crippen molar-refractivity contribution in [2.75, 3.05) is 6.61 Å². The van der Waals surface area contributed by atoms with Gasteiger partial charge in [0, 0.05) is 12.0 Å². The summed E-state index contributed by atoms with van der Waals surface area (Å²) in [5.74, 6) is 1.45. The van der Waals surface area contributed by atoms with Gasteiger partial charge in [-0.3, -0.25) is 4.79 Å². The molecule has 0 aliphatic carbocycles. The largest absolute Gasteiger partial charge is 0.492 e. The number of halogens is 1. The molecule has 0 radical (unpaired) electrons. The lowest BCUT2D eigenvalue weighted by atomic mass is 10.0. The van der Waals surface area contributed by atoms with Crippen LogP contribution >= 0.6 is 15.9 Å². The van der Waals surface area contributed by atoms with Crippen molar-refractivity contribution in [1.82, 2.24) is 0 Å². The summed E-state index contributed by atoms with van der Waals surface area (Å²) in [6, 6.07) is 7.11. The summed E-state index contributed by atoms with van der Waals surface area (Å²) in [5.41, 5.74) is 1.25. The standard InChI is InChI=1S/C16H17BrO3/c1-3-8-19-15-6-5-11(10-13(15)17)16(18)12-7-9-20-14(12)4-2/h5-7,9-10H,3-4,8H2,1-2H3. The molecular formula is C16H17BrO3. The third kappa shape index (κ3) is 3.12. The molecule has 3 nitrogen and oxygen atoms in total. The van der Waals surface area contributed by atoms with Gasteiger partial charge in [-0.15, -0.1) is 0 Å². The Hall–Kier alpha value is -1.55. The van der Waals surface area contributed by atoms with E-state index >= 15 is 0 Å². The fourth-order valence-corrected chi connectivity index (χ4v) is 2.44. The van der Waals surface area contributed by atoms with Gasteiger partial charge in [0.2, 0.25) is 0 Å². The van der Waals surface area contributed by atoms with E-state index in [1.54, 1.807) is 24.5 Å². The highest BCUT2D eigenvalue weighted by molar-refractivity contribution is 9.10. The molecule has 0 unspecified atom stereocenters. The van der Waals surface area contributed by atoms with Gasteiger partial charge in [-0.05, 0) is 46.6 Å². The average Bonchev–Trinajstić information content (AvgIpc) is 2.93. The summed E-state index contributed by atoms with van der Waals surface area (Å²) in [7, 11) is 0. The zero-order valence-electron chi connectivity index (χ0n) is 11.6. The van der Waals surface area contributed by atoms with Crippen molar-refractivity contribution in [1.29, 1.82) is 0 Å². The van der Waals surface area contributed by atoms with Crippen LogP contribution in [0.2, 0.25) is 0 Å². The van der Waals surface area contributed by atoms with Gasteiger partial charge in [0.1, 0.15) is 11.5 Å². The van der Waals surface area contributed by atoms with E-state index in [2.05, 4.69) is 22.9 Å². The molecule has 0 atom stereocenters. The molecule has 2 rings (SSSR count). The Kier molecular flexibility index (Phi) is 5.01. The van der Waals surface area contributed by atoms with Crippen LogP contribution in [-0.4, -0.2) is 12.4 Å². The van der Waals surface area contributed by atoms with Gasteiger partial charge in [0.05, 0.1) is 22.9 Å². The first-order valence-electron chi connectivity index (χ1n) is 6.70. The zero-order valence-corrected chi connectivity index (χ0v) is 13.2. The lowest BCUT2D eigenvalue weighted by molar-refractivity contribution is 0.103. The number of ketones is 1. The number of ether oxygens (including phenoxy) is 1. The van der Waals surface area contributed by atoms with Gasteiger partial charge < -0.3 is 9.15 Å². The molecular weight excluding hydrogens is 320 g/mol. The van der Waals surface area contributed by atoms with Gasteiger partial charge >= 0.3 is 0 Å².